The van der Waals surface area contributed by atoms with E-state index in [1.54, 1.807) is 31.2 Å². The van der Waals surface area contributed by atoms with Crippen LogP contribution in [-0.4, -0.2) is 10.0 Å². The normalized spacial score (nSPS) is 10.5. The Kier molecular flexibility index (Phi) is 4.59. The highest BCUT2D eigenvalue weighted by Crippen LogP contribution is 2.37. The number of aliphatic hydroxyl groups is 1. The first kappa shape index (κ1) is 15.5. The molecule has 0 amide bonds. The van der Waals surface area contributed by atoms with Crippen molar-refractivity contribution in [3.8, 4) is 11.5 Å². The third kappa shape index (κ3) is 3.40. The van der Waals surface area contributed by atoms with Gasteiger partial charge in [-0.3, -0.25) is 10.1 Å². The van der Waals surface area contributed by atoms with Crippen LogP contribution in [0.25, 0.3) is 0 Å². The number of aliphatic hydroxyl groups excluding tert-OH is 1. The lowest BCUT2D eigenvalue weighted by Gasteiger charge is -2.11. The van der Waals surface area contributed by atoms with Crippen LogP contribution < -0.4 is 4.74 Å². The third-order valence-corrected chi connectivity index (χ3v) is 3.58. The van der Waals surface area contributed by atoms with E-state index in [0.717, 1.165) is 11.1 Å². The van der Waals surface area contributed by atoms with Gasteiger partial charge in [0.25, 0.3) is 0 Å². The molecular weight excluding hydrogens is 338 g/mol. The fourth-order valence-electron chi connectivity index (χ4n) is 2.01. The lowest BCUT2D eigenvalue weighted by Crippen LogP contribution is -1.97. The van der Waals surface area contributed by atoms with E-state index in [9.17, 15) is 10.1 Å². The van der Waals surface area contributed by atoms with Crippen molar-refractivity contribution >= 4 is 21.6 Å². The van der Waals surface area contributed by atoms with Crippen molar-refractivity contribution in [1.29, 1.82) is 0 Å². The van der Waals surface area contributed by atoms with E-state index in [4.69, 9.17) is 9.84 Å². The summed E-state index contributed by atoms with van der Waals surface area (Å²) in [6, 6.07) is 8.35. The van der Waals surface area contributed by atoms with Gasteiger partial charge < -0.3 is 9.84 Å². The lowest BCUT2D eigenvalue weighted by molar-refractivity contribution is -0.385. The first-order valence-corrected chi connectivity index (χ1v) is 7.04. The molecule has 0 spiro atoms. The molecule has 0 aliphatic heterocycles. The molecule has 0 aromatic heterocycles. The van der Waals surface area contributed by atoms with E-state index in [1.807, 2.05) is 6.92 Å². The molecule has 0 atom stereocenters. The number of halogens is 1. The van der Waals surface area contributed by atoms with Gasteiger partial charge in [0, 0.05) is 10.5 Å². The maximum Gasteiger partial charge on any atom is 0.312 e. The average molecular weight is 352 g/mol. The number of ether oxygens (including phenoxy) is 1. The summed E-state index contributed by atoms with van der Waals surface area (Å²) in [5, 5.41) is 20.3. The zero-order valence-electron chi connectivity index (χ0n) is 11.6. The fourth-order valence-corrected chi connectivity index (χ4v) is 2.57. The SMILES string of the molecule is Cc1cc(Oc2c(C)cc(Br)cc2[N+](=O)[O-])ccc1CO. The second-order valence-electron chi connectivity index (χ2n) is 4.68. The smallest absolute Gasteiger partial charge is 0.312 e. The summed E-state index contributed by atoms with van der Waals surface area (Å²) < 4.78 is 6.32. The second-order valence-corrected chi connectivity index (χ2v) is 5.59. The van der Waals surface area contributed by atoms with Crippen molar-refractivity contribution in [3.05, 3.63) is 61.6 Å². The summed E-state index contributed by atoms with van der Waals surface area (Å²) in [4.78, 5) is 10.7. The summed E-state index contributed by atoms with van der Waals surface area (Å²) in [7, 11) is 0. The minimum Gasteiger partial charge on any atom is -0.450 e. The minimum absolute atomic E-state index is 0.0520. The average Bonchev–Trinajstić information content (AvgIpc) is 2.41. The molecule has 5 nitrogen and oxygen atoms in total. The molecule has 0 saturated heterocycles. The number of nitro groups is 1. The van der Waals surface area contributed by atoms with Crippen molar-refractivity contribution in [2.45, 2.75) is 20.5 Å². The molecule has 2 aromatic carbocycles. The standard InChI is InChI=1S/C15H14BrNO4/c1-9-6-13(4-3-11(9)8-18)21-15-10(2)5-12(16)7-14(15)17(19)20/h3-7,18H,8H2,1-2H3. The van der Waals surface area contributed by atoms with Crippen LogP contribution in [0.3, 0.4) is 0 Å². The molecule has 110 valence electrons. The molecule has 0 radical (unpaired) electrons. The Hall–Kier alpha value is -1.92. The molecule has 21 heavy (non-hydrogen) atoms. The Morgan fingerprint density at radius 2 is 1.95 bits per heavy atom. The Morgan fingerprint density at radius 1 is 1.24 bits per heavy atom. The molecule has 0 unspecified atom stereocenters. The van der Waals surface area contributed by atoms with Crippen molar-refractivity contribution in [1.82, 2.24) is 0 Å². The van der Waals surface area contributed by atoms with Gasteiger partial charge in [0.05, 0.1) is 11.5 Å². The minimum atomic E-state index is -0.470. The lowest BCUT2D eigenvalue weighted by atomic mass is 10.1. The maximum absolute atomic E-state index is 11.2. The Morgan fingerprint density at radius 3 is 2.52 bits per heavy atom. The summed E-state index contributed by atoms with van der Waals surface area (Å²) in [6.07, 6.45) is 0. The van der Waals surface area contributed by atoms with E-state index in [2.05, 4.69) is 15.9 Å². The molecule has 1 N–H and O–H groups in total. The van der Waals surface area contributed by atoms with Crippen LogP contribution in [0.4, 0.5) is 5.69 Å². The number of hydrogen-bond acceptors (Lipinski definition) is 4. The number of rotatable bonds is 4. The van der Waals surface area contributed by atoms with Gasteiger partial charge in [-0.05, 0) is 48.7 Å². The fraction of sp³-hybridized carbons (Fsp3) is 0.200. The van der Waals surface area contributed by atoms with Crippen LogP contribution in [0.15, 0.2) is 34.8 Å². The topological polar surface area (TPSA) is 72.6 Å². The maximum atomic E-state index is 11.2. The van der Waals surface area contributed by atoms with E-state index in [1.165, 1.54) is 6.07 Å². The third-order valence-electron chi connectivity index (χ3n) is 3.12. The molecular formula is C15H14BrNO4. The number of hydrogen-bond donors (Lipinski definition) is 1. The summed E-state index contributed by atoms with van der Waals surface area (Å²) in [6.45, 7) is 3.55. The van der Waals surface area contributed by atoms with E-state index in [-0.39, 0.29) is 18.0 Å². The molecule has 0 heterocycles. The Labute approximate surface area is 130 Å². The van der Waals surface area contributed by atoms with Gasteiger partial charge in [0.1, 0.15) is 5.75 Å². The van der Waals surface area contributed by atoms with Crippen molar-refractivity contribution in [2.24, 2.45) is 0 Å². The van der Waals surface area contributed by atoms with Gasteiger partial charge in [-0.1, -0.05) is 22.0 Å². The van der Waals surface area contributed by atoms with Crippen LogP contribution in [-0.2, 0) is 6.61 Å². The highest BCUT2D eigenvalue weighted by molar-refractivity contribution is 9.10. The monoisotopic (exact) mass is 351 g/mol. The first-order valence-electron chi connectivity index (χ1n) is 6.25. The van der Waals surface area contributed by atoms with Crippen LogP contribution in [0, 0.1) is 24.0 Å². The predicted molar refractivity (Wildman–Crippen MR) is 82.7 cm³/mol. The van der Waals surface area contributed by atoms with Crippen molar-refractivity contribution in [2.75, 3.05) is 0 Å². The predicted octanol–water partition coefficient (Wildman–Crippen LogP) is 4.26. The first-order chi connectivity index (χ1) is 9.92. The second kappa shape index (κ2) is 6.24. The van der Waals surface area contributed by atoms with Gasteiger partial charge in [-0.25, -0.2) is 0 Å². The molecule has 2 rings (SSSR count). The van der Waals surface area contributed by atoms with Crippen molar-refractivity contribution < 1.29 is 14.8 Å². The summed E-state index contributed by atoms with van der Waals surface area (Å²) >= 11 is 3.24. The highest BCUT2D eigenvalue weighted by Gasteiger charge is 2.19. The molecule has 0 fully saturated rings. The summed E-state index contributed by atoms with van der Waals surface area (Å²) in [5.41, 5.74) is 2.24. The zero-order valence-corrected chi connectivity index (χ0v) is 13.2. The van der Waals surface area contributed by atoms with Gasteiger partial charge in [-0.2, -0.15) is 0 Å². The molecule has 0 aliphatic carbocycles. The quantitative estimate of drug-likeness (QED) is 0.659. The molecule has 2 aromatic rings. The summed E-state index contributed by atoms with van der Waals surface area (Å²) in [5.74, 6) is 0.720. The van der Waals surface area contributed by atoms with Gasteiger partial charge >= 0.3 is 5.69 Å². The Balaban J connectivity index is 2.44. The van der Waals surface area contributed by atoms with Crippen LogP contribution >= 0.6 is 15.9 Å². The van der Waals surface area contributed by atoms with Gasteiger partial charge in [-0.15, -0.1) is 0 Å². The highest BCUT2D eigenvalue weighted by atomic mass is 79.9. The number of benzene rings is 2. The molecule has 0 saturated carbocycles. The van der Waals surface area contributed by atoms with Crippen molar-refractivity contribution in [3.63, 3.8) is 0 Å². The van der Waals surface area contributed by atoms with Crippen LogP contribution in [0.1, 0.15) is 16.7 Å². The molecule has 0 aliphatic rings. The largest absolute Gasteiger partial charge is 0.450 e. The zero-order chi connectivity index (χ0) is 15.6. The van der Waals surface area contributed by atoms with Gasteiger partial charge in [0.15, 0.2) is 0 Å². The van der Waals surface area contributed by atoms with E-state index >= 15 is 0 Å². The number of nitrogens with zero attached hydrogens (tertiary/aromatic N) is 1. The Bertz CT molecular complexity index is 700. The van der Waals surface area contributed by atoms with Gasteiger partial charge in [0.2, 0.25) is 5.75 Å². The van der Waals surface area contributed by atoms with E-state index < -0.39 is 4.92 Å². The van der Waals surface area contributed by atoms with E-state index in [0.29, 0.717) is 15.8 Å². The van der Waals surface area contributed by atoms with Crippen LogP contribution in [0.5, 0.6) is 11.5 Å². The number of aryl methyl sites for hydroxylation is 2. The van der Waals surface area contributed by atoms with Crippen LogP contribution in [0.2, 0.25) is 0 Å². The molecule has 6 heteroatoms. The number of nitro benzene ring substituents is 1. The molecule has 0 bridgehead atoms.